The van der Waals surface area contributed by atoms with Gasteiger partial charge in [-0.2, -0.15) is 0 Å². The lowest BCUT2D eigenvalue weighted by molar-refractivity contribution is 0.393. The molecule has 3 heteroatoms. The molecule has 0 aliphatic carbocycles. The highest BCUT2D eigenvalue weighted by molar-refractivity contribution is 5.33. The van der Waals surface area contributed by atoms with Gasteiger partial charge in [0.25, 0.3) is 0 Å². The van der Waals surface area contributed by atoms with Crippen molar-refractivity contribution in [2.45, 2.75) is 26.4 Å². The van der Waals surface area contributed by atoms with E-state index in [9.17, 15) is 9.50 Å². The number of hydrogen-bond acceptors (Lipinski definition) is 2. The molecule has 0 bridgehead atoms. The summed E-state index contributed by atoms with van der Waals surface area (Å²) in [7, 11) is 0. The van der Waals surface area contributed by atoms with Crippen LogP contribution in [0.3, 0.4) is 0 Å². The number of halogens is 1. The summed E-state index contributed by atoms with van der Waals surface area (Å²) < 4.78 is 13.3. The van der Waals surface area contributed by atoms with Crippen LogP contribution < -0.4 is 5.32 Å². The van der Waals surface area contributed by atoms with Crippen LogP contribution in [0.4, 0.5) is 4.39 Å². The van der Waals surface area contributed by atoms with Crippen molar-refractivity contribution >= 4 is 0 Å². The van der Waals surface area contributed by atoms with Crippen LogP contribution in [0.1, 0.15) is 31.0 Å². The van der Waals surface area contributed by atoms with Crippen molar-refractivity contribution in [3.8, 4) is 5.75 Å². The molecule has 0 radical (unpaired) electrons. The number of nitrogens with one attached hydrogen (secondary N) is 1. The molecule has 0 fully saturated rings. The summed E-state index contributed by atoms with van der Waals surface area (Å²) in [5, 5.41) is 13.1. The molecule has 2 rings (SSSR count). The van der Waals surface area contributed by atoms with Crippen LogP contribution in [0.2, 0.25) is 0 Å². The first kappa shape index (κ1) is 14.5. The zero-order chi connectivity index (χ0) is 14.5. The molecule has 0 aromatic heterocycles. The van der Waals surface area contributed by atoms with E-state index >= 15 is 0 Å². The standard InChI is InChI=1S/C17H20FNO/c1-12(2)16(13-7-4-3-5-8-13)19-11-14-9-6-10-15(18)17(14)20/h3-10,12,16,19-20H,11H2,1-2H3. The summed E-state index contributed by atoms with van der Waals surface area (Å²) in [5.74, 6) is -0.450. The fourth-order valence-corrected chi connectivity index (χ4v) is 2.32. The van der Waals surface area contributed by atoms with Gasteiger partial charge in [-0.3, -0.25) is 0 Å². The fraction of sp³-hybridized carbons (Fsp3) is 0.294. The van der Waals surface area contributed by atoms with Crippen molar-refractivity contribution in [2.24, 2.45) is 5.92 Å². The van der Waals surface area contributed by atoms with E-state index < -0.39 is 5.82 Å². The number of rotatable bonds is 5. The molecule has 0 spiro atoms. The molecular weight excluding hydrogens is 253 g/mol. The first-order valence-corrected chi connectivity index (χ1v) is 6.84. The summed E-state index contributed by atoms with van der Waals surface area (Å²) >= 11 is 0. The van der Waals surface area contributed by atoms with Gasteiger partial charge in [0.1, 0.15) is 0 Å². The molecule has 0 saturated carbocycles. The van der Waals surface area contributed by atoms with Gasteiger partial charge in [-0.05, 0) is 17.5 Å². The van der Waals surface area contributed by atoms with Gasteiger partial charge in [0.15, 0.2) is 11.6 Å². The van der Waals surface area contributed by atoms with E-state index in [0.717, 1.165) is 0 Å². The third-order valence-corrected chi connectivity index (χ3v) is 3.41. The average molecular weight is 273 g/mol. The van der Waals surface area contributed by atoms with E-state index in [1.165, 1.54) is 11.6 Å². The quantitative estimate of drug-likeness (QED) is 0.862. The normalized spacial score (nSPS) is 12.6. The Morgan fingerprint density at radius 2 is 1.75 bits per heavy atom. The molecule has 0 aliphatic rings. The Morgan fingerprint density at radius 3 is 2.40 bits per heavy atom. The maximum Gasteiger partial charge on any atom is 0.165 e. The van der Waals surface area contributed by atoms with E-state index in [1.54, 1.807) is 12.1 Å². The van der Waals surface area contributed by atoms with Gasteiger partial charge >= 0.3 is 0 Å². The summed E-state index contributed by atoms with van der Waals surface area (Å²) in [5.41, 5.74) is 1.77. The SMILES string of the molecule is CC(C)C(NCc1cccc(F)c1O)c1ccccc1. The Balaban J connectivity index is 2.12. The van der Waals surface area contributed by atoms with Crippen molar-refractivity contribution in [1.82, 2.24) is 5.32 Å². The topological polar surface area (TPSA) is 32.3 Å². The van der Waals surface area contributed by atoms with Crippen LogP contribution in [0.15, 0.2) is 48.5 Å². The predicted molar refractivity (Wildman–Crippen MR) is 78.9 cm³/mol. The van der Waals surface area contributed by atoms with Crippen LogP contribution >= 0.6 is 0 Å². The Morgan fingerprint density at radius 1 is 1.05 bits per heavy atom. The number of aromatic hydroxyl groups is 1. The molecule has 1 unspecified atom stereocenters. The minimum Gasteiger partial charge on any atom is -0.505 e. The molecule has 1 atom stereocenters. The molecular formula is C17H20FNO. The molecule has 0 aliphatic heterocycles. The maximum absolute atomic E-state index is 13.3. The number of phenolic OH excluding ortho intramolecular Hbond substituents is 1. The van der Waals surface area contributed by atoms with Gasteiger partial charge < -0.3 is 10.4 Å². The van der Waals surface area contributed by atoms with Crippen LogP contribution in [0.5, 0.6) is 5.75 Å². The predicted octanol–water partition coefficient (Wildman–Crippen LogP) is 4.02. The molecule has 2 nitrogen and oxygen atoms in total. The highest BCUT2D eigenvalue weighted by Crippen LogP contribution is 2.24. The van der Waals surface area contributed by atoms with Crippen molar-refractivity contribution in [3.05, 3.63) is 65.5 Å². The van der Waals surface area contributed by atoms with Crippen molar-refractivity contribution in [3.63, 3.8) is 0 Å². The van der Waals surface area contributed by atoms with Gasteiger partial charge in [-0.25, -0.2) is 4.39 Å². The second-order valence-electron chi connectivity index (χ2n) is 5.26. The molecule has 106 valence electrons. The third-order valence-electron chi connectivity index (χ3n) is 3.41. The summed E-state index contributed by atoms with van der Waals surface area (Å²) in [4.78, 5) is 0. The van der Waals surface area contributed by atoms with Gasteiger partial charge in [-0.1, -0.05) is 56.3 Å². The van der Waals surface area contributed by atoms with Crippen LogP contribution in [0, 0.1) is 11.7 Å². The highest BCUT2D eigenvalue weighted by atomic mass is 19.1. The Bertz CT molecular complexity index is 554. The maximum atomic E-state index is 13.3. The van der Waals surface area contributed by atoms with Gasteiger partial charge in [0.2, 0.25) is 0 Å². The number of phenols is 1. The fourth-order valence-electron chi connectivity index (χ4n) is 2.32. The minimum absolute atomic E-state index is 0.166. The zero-order valence-corrected chi connectivity index (χ0v) is 11.8. The molecule has 2 N–H and O–H groups in total. The lowest BCUT2D eigenvalue weighted by atomic mass is 9.96. The van der Waals surface area contributed by atoms with E-state index in [1.807, 2.05) is 18.2 Å². The van der Waals surface area contributed by atoms with Crippen molar-refractivity contribution < 1.29 is 9.50 Å². The number of benzene rings is 2. The van der Waals surface area contributed by atoms with E-state index in [4.69, 9.17) is 0 Å². The second-order valence-corrected chi connectivity index (χ2v) is 5.26. The summed E-state index contributed by atoms with van der Waals surface area (Å²) in [6.45, 7) is 4.70. The van der Waals surface area contributed by atoms with Crippen LogP contribution in [-0.2, 0) is 6.54 Å². The minimum atomic E-state index is -0.579. The zero-order valence-electron chi connectivity index (χ0n) is 11.8. The average Bonchev–Trinajstić information content (AvgIpc) is 2.44. The van der Waals surface area contributed by atoms with Crippen LogP contribution in [-0.4, -0.2) is 5.11 Å². The summed E-state index contributed by atoms with van der Waals surface area (Å²) in [6.07, 6.45) is 0. The molecule has 2 aromatic rings. The monoisotopic (exact) mass is 273 g/mol. The van der Waals surface area contributed by atoms with E-state index in [2.05, 4.69) is 31.3 Å². The van der Waals surface area contributed by atoms with E-state index in [-0.39, 0.29) is 11.8 Å². The number of hydrogen-bond donors (Lipinski definition) is 2. The molecule has 0 saturated heterocycles. The summed E-state index contributed by atoms with van der Waals surface area (Å²) in [6, 6.07) is 14.9. The lowest BCUT2D eigenvalue weighted by Crippen LogP contribution is -2.25. The molecule has 2 aromatic carbocycles. The highest BCUT2D eigenvalue weighted by Gasteiger charge is 2.16. The lowest BCUT2D eigenvalue weighted by Gasteiger charge is -2.23. The van der Waals surface area contributed by atoms with Crippen LogP contribution in [0.25, 0.3) is 0 Å². The third kappa shape index (κ3) is 3.36. The van der Waals surface area contributed by atoms with E-state index in [0.29, 0.717) is 18.0 Å². The van der Waals surface area contributed by atoms with Gasteiger partial charge in [-0.15, -0.1) is 0 Å². The Labute approximate surface area is 119 Å². The largest absolute Gasteiger partial charge is 0.505 e. The Hall–Kier alpha value is -1.87. The first-order valence-electron chi connectivity index (χ1n) is 6.84. The number of para-hydroxylation sites is 1. The van der Waals surface area contributed by atoms with Crippen molar-refractivity contribution in [2.75, 3.05) is 0 Å². The molecule has 0 amide bonds. The van der Waals surface area contributed by atoms with Gasteiger partial charge in [0.05, 0.1) is 0 Å². The smallest absolute Gasteiger partial charge is 0.165 e. The van der Waals surface area contributed by atoms with Crippen molar-refractivity contribution in [1.29, 1.82) is 0 Å². The second kappa shape index (κ2) is 6.53. The first-order chi connectivity index (χ1) is 9.59. The molecule has 0 heterocycles. The molecule has 20 heavy (non-hydrogen) atoms. The Kier molecular flexibility index (Phi) is 4.74. The van der Waals surface area contributed by atoms with Gasteiger partial charge in [0, 0.05) is 18.2 Å².